The quantitative estimate of drug-likeness (QED) is 0.673. The molecular weight excluding hydrogens is 374 g/mol. The number of fused-ring (bicyclic) bond motifs is 2. The third kappa shape index (κ3) is 3.73. The van der Waals surface area contributed by atoms with E-state index in [1.165, 1.54) is 4.68 Å². The third-order valence-corrected chi connectivity index (χ3v) is 5.06. The molecule has 0 spiro atoms. The number of rotatable bonds is 5. The molecule has 1 amide bonds. The minimum absolute atomic E-state index is 0.158. The van der Waals surface area contributed by atoms with Crippen molar-refractivity contribution >= 4 is 16.7 Å². The average molecular weight is 395 g/mol. The first kappa shape index (κ1) is 18.8. The molecule has 0 unspecified atom stereocenters. The molecule has 8 heteroatoms. The lowest BCUT2D eigenvalue weighted by atomic mass is 9.96. The maximum atomic E-state index is 12.5. The maximum Gasteiger partial charge on any atom is 0.273 e. The molecule has 0 aliphatic carbocycles. The standard InChI is InChI=1S/C21H21N3O5/c1-28-15-6-7-18-13(11-15)10-14(12-29-18)19(25)22-8-9-24-21(27)17-5-3-2-4-16(17)20(26)23-24/h2-7,11,14H,8-10,12H2,1H3,(H,22,25)(H,23,26)/t14-/m1/s1. The normalized spacial score (nSPS) is 15.4. The topological polar surface area (TPSA) is 102 Å². The fourth-order valence-corrected chi connectivity index (χ4v) is 3.51. The lowest BCUT2D eigenvalue weighted by Gasteiger charge is -2.25. The molecule has 3 aromatic rings. The Hall–Kier alpha value is -3.55. The van der Waals surface area contributed by atoms with Crippen molar-refractivity contribution in [1.29, 1.82) is 0 Å². The molecule has 2 heterocycles. The van der Waals surface area contributed by atoms with E-state index in [4.69, 9.17) is 9.47 Å². The molecule has 0 saturated carbocycles. The van der Waals surface area contributed by atoms with Gasteiger partial charge in [-0.3, -0.25) is 19.5 Å². The summed E-state index contributed by atoms with van der Waals surface area (Å²) in [5, 5.41) is 6.09. The molecule has 1 aliphatic heterocycles. The van der Waals surface area contributed by atoms with Gasteiger partial charge in [0, 0.05) is 6.54 Å². The number of methoxy groups -OCH3 is 1. The van der Waals surface area contributed by atoms with Crippen molar-refractivity contribution in [3.05, 3.63) is 68.7 Å². The van der Waals surface area contributed by atoms with Crippen LogP contribution >= 0.6 is 0 Å². The molecule has 0 bridgehead atoms. The fraction of sp³-hybridized carbons (Fsp3) is 0.286. The predicted octanol–water partition coefficient (Wildman–Crippen LogP) is 1.07. The Morgan fingerprint density at radius 1 is 1.24 bits per heavy atom. The zero-order chi connectivity index (χ0) is 20.4. The largest absolute Gasteiger partial charge is 0.497 e. The van der Waals surface area contributed by atoms with Crippen molar-refractivity contribution < 1.29 is 14.3 Å². The van der Waals surface area contributed by atoms with Crippen LogP contribution in [-0.2, 0) is 17.8 Å². The maximum absolute atomic E-state index is 12.5. The van der Waals surface area contributed by atoms with Gasteiger partial charge in [-0.15, -0.1) is 0 Å². The molecule has 1 aromatic heterocycles. The summed E-state index contributed by atoms with van der Waals surface area (Å²) < 4.78 is 12.1. The van der Waals surface area contributed by atoms with Gasteiger partial charge < -0.3 is 14.8 Å². The number of hydrogen-bond acceptors (Lipinski definition) is 5. The Labute approximate surface area is 166 Å². The smallest absolute Gasteiger partial charge is 0.273 e. The van der Waals surface area contributed by atoms with Crippen LogP contribution in [0.3, 0.4) is 0 Å². The van der Waals surface area contributed by atoms with E-state index in [0.29, 0.717) is 22.9 Å². The molecule has 1 aliphatic rings. The van der Waals surface area contributed by atoms with Gasteiger partial charge in [0.25, 0.3) is 11.1 Å². The fourth-order valence-electron chi connectivity index (χ4n) is 3.51. The SMILES string of the molecule is COc1ccc2c(c1)C[C@@H](C(=O)NCCn1[nH]c(=O)c3ccccc3c1=O)CO2. The molecule has 0 fully saturated rings. The van der Waals surface area contributed by atoms with E-state index in [1.54, 1.807) is 31.4 Å². The first-order chi connectivity index (χ1) is 14.1. The average Bonchev–Trinajstić information content (AvgIpc) is 2.76. The van der Waals surface area contributed by atoms with Gasteiger partial charge in [0.15, 0.2) is 0 Å². The number of hydrogen-bond donors (Lipinski definition) is 2. The molecule has 8 nitrogen and oxygen atoms in total. The number of amides is 1. The van der Waals surface area contributed by atoms with E-state index < -0.39 is 0 Å². The summed E-state index contributed by atoms with van der Waals surface area (Å²) >= 11 is 0. The van der Waals surface area contributed by atoms with Crippen LogP contribution in [0.25, 0.3) is 10.8 Å². The number of H-pyrrole nitrogens is 1. The predicted molar refractivity (Wildman–Crippen MR) is 108 cm³/mol. The summed E-state index contributed by atoms with van der Waals surface area (Å²) in [5.74, 6) is 0.986. The van der Waals surface area contributed by atoms with Crippen LogP contribution in [0.15, 0.2) is 52.1 Å². The van der Waals surface area contributed by atoms with E-state index in [2.05, 4.69) is 10.4 Å². The summed E-state index contributed by atoms with van der Waals surface area (Å²) in [6.07, 6.45) is 0.547. The van der Waals surface area contributed by atoms with Gasteiger partial charge in [-0.1, -0.05) is 12.1 Å². The van der Waals surface area contributed by atoms with E-state index in [9.17, 15) is 14.4 Å². The van der Waals surface area contributed by atoms with Crippen LogP contribution in [0.5, 0.6) is 11.5 Å². The summed E-state index contributed by atoms with van der Waals surface area (Å²) in [6, 6.07) is 12.2. The van der Waals surface area contributed by atoms with Crippen molar-refractivity contribution in [2.75, 3.05) is 20.3 Å². The van der Waals surface area contributed by atoms with Crippen LogP contribution < -0.4 is 25.9 Å². The second-order valence-corrected chi connectivity index (χ2v) is 6.92. The molecule has 2 aromatic carbocycles. The Bertz CT molecular complexity index is 1180. The molecule has 1 atom stereocenters. The Morgan fingerprint density at radius 3 is 2.83 bits per heavy atom. The van der Waals surface area contributed by atoms with E-state index in [-0.39, 0.29) is 42.6 Å². The summed E-state index contributed by atoms with van der Waals surface area (Å²) in [7, 11) is 1.59. The number of aromatic amines is 1. The zero-order valence-corrected chi connectivity index (χ0v) is 15.9. The Kier molecular flexibility index (Phi) is 5.07. The molecule has 150 valence electrons. The van der Waals surface area contributed by atoms with Crippen LogP contribution in [0.1, 0.15) is 5.56 Å². The second-order valence-electron chi connectivity index (χ2n) is 6.92. The number of carbonyl (C=O) groups is 1. The Morgan fingerprint density at radius 2 is 2.03 bits per heavy atom. The highest BCUT2D eigenvalue weighted by molar-refractivity contribution is 5.80. The first-order valence-electron chi connectivity index (χ1n) is 9.36. The molecule has 2 N–H and O–H groups in total. The van der Waals surface area contributed by atoms with Crippen LogP contribution in [-0.4, -0.2) is 35.9 Å². The van der Waals surface area contributed by atoms with Crippen LogP contribution in [0.2, 0.25) is 0 Å². The van der Waals surface area contributed by atoms with Crippen molar-refractivity contribution in [3.63, 3.8) is 0 Å². The molecule has 0 saturated heterocycles. The van der Waals surface area contributed by atoms with Gasteiger partial charge in [0.2, 0.25) is 5.91 Å². The minimum atomic E-state index is -0.335. The van der Waals surface area contributed by atoms with Crippen molar-refractivity contribution in [3.8, 4) is 11.5 Å². The van der Waals surface area contributed by atoms with Crippen molar-refractivity contribution in [1.82, 2.24) is 15.1 Å². The first-order valence-corrected chi connectivity index (χ1v) is 9.36. The van der Waals surface area contributed by atoms with Gasteiger partial charge in [-0.25, -0.2) is 4.68 Å². The highest BCUT2D eigenvalue weighted by Crippen LogP contribution is 2.30. The third-order valence-electron chi connectivity index (χ3n) is 5.06. The summed E-state index contributed by atoms with van der Waals surface area (Å²) in [6.45, 7) is 0.676. The zero-order valence-electron chi connectivity index (χ0n) is 15.9. The minimum Gasteiger partial charge on any atom is -0.497 e. The number of ether oxygens (including phenoxy) is 2. The highest BCUT2D eigenvalue weighted by Gasteiger charge is 2.26. The van der Waals surface area contributed by atoms with Gasteiger partial charge in [0.05, 0.1) is 30.3 Å². The van der Waals surface area contributed by atoms with Gasteiger partial charge in [-0.05, 0) is 42.3 Å². The lowest BCUT2D eigenvalue weighted by Crippen LogP contribution is -2.40. The Balaban J connectivity index is 1.41. The van der Waals surface area contributed by atoms with E-state index in [1.807, 2.05) is 18.2 Å². The molecule has 29 heavy (non-hydrogen) atoms. The number of benzene rings is 2. The van der Waals surface area contributed by atoms with Crippen molar-refractivity contribution in [2.24, 2.45) is 5.92 Å². The van der Waals surface area contributed by atoms with Crippen molar-refractivity contribution in [2.45, 2.75) is 13.0 Å². The van der Waals surface area contributed by atoms with Gasteiger partial charge in [0.1, 0.15) is 18.1 Å². The monoisotopic (exact) mass is 395 g/mol. The molecular formula is C21H21N3O5. The van der Waals surface area contributed by atoms with E-state index >= 15 is 0 Å². The summed E-state index contributed by atoms with van der Waals surface area (Å²) in [4.78, 5) is 37.2. The van der Waals surface area contributed by atoms with Gasteiger partial charge >= 0.3 is 0 Å². The number of nitrogens with one attached hydrogen (secondary N) is 2. The lowest BCUT2D eigenvalue weighted by molar-refractivity contribution is -0.126. The number of nitrogens with zero attached hydrogens (tertiary/aromatic N) is 1. The number of aromatic nitrogens is 2. The number of carbonyl (C=O) groups excluding carboxylic acids is 1. The highest BCUT2D eigenvalue weighted by atomic mass is 16.5. The van der Waals surface area contributed by atoms with Gasteiger partial charge in [-0.2, -0.15) is 0 Å². The van der Waals surface area contributed by atoms with E-state index in [0.717, 1.165) is 11.3 Å². The summed E-state index contributed by atoms with van der Waals surface area (Å²) in [5.41, 5.74) is 0.292. The van der Waals surface area contributed by atoms with Crippen LogP contribution in [0.4, 0.5) is 0 Å². The molecule has 0 radical (unpaired) electrons. The molecule has 4 rings (SSSR count). The van der Waals surface area contributed by atoms with Crippen LogP contribution in [0, 0.1) is 5.92 Å². The second kappa shape index (κ2) is 7.83.